The highest BCUT2D eigenvalue weighted by atomic mass is 127. The van der Waals surface area contributed by atoms with Crippen LogP contribution in [0.3, 0.4) is 0 Å². The molecule has 0 aromatic heterocycles. The van der Waals surface area contributed by atoms with Gasteiger partial charge in [0.15, 0.2) is 30.7 Å². The molecule has 0 atom stereocenters. The Morgan fingerprint density at radius 1 is 0.275 bits per heavy atom. The number of halogens is 2. The van der Waals surface area contributed by atoms with Crippen LogP contribution in [-0.4, -0.2) is 35.8 Å². The molecule has 0 heterocycles. The molecule has 21 heteroatoms. The molecule has 1 aliphatic rings. The quantitative estimate of drug-likeness (QED) is 0.0303. The first-order chi connectivity index (χ1) is 67.7. The third-order valence-corrected chi connectivity index (χ3v) is 33.2. The molecule has 754 valence electrons. The molecule has 13 nitrogen and oxygen atoms in total. The summed E-state index contributed by atoms with van der Waals surface area (Å²) in [6, 6.07) is 61.5. The van der Waals surface area contributed by atoms with Crippen LogP contribution in [-0.2, 0) is 81.4 Å². The van der Waals surface area contributed by atoms with Crippen molar-refractivity contribution in [1.29, 1.82) is 0 Å². The molecule has 13 rings (SSSR count). The van der Waals surface area contributed by atoms with Crippen molar-refractivity contribution in [2.75, 3.05) is 0 Å². The van der Waals surface area contributed by atoms with Gasteiger partial charge < -0.3 is 33.5 Å². The van der Waals surface area contributed by atoms with Gasteiger partial charge in [-0.1, -0.05) is 232 Å². The second-order valence-corrected chi connectivity index (χ2v) is 44.4. The Bertz CT molecular complexity index is 5990. The van der Waals surface area contributed by atoms with E-state index in [1.54, 1.807) is 0 Å². The summed E-state index contributed by atoms with van der Waals surface area (Å²) < 4.78 is 38.6. The van der Waals surface area contributed by atoms with Gasteiger partial charge in [0.25, 0.3) is 0 Å². The highest BCUT2D eigenvalue weighted by molar-refractivity contribution is 14.1. The summed E-state index contributed by atoms with van der Waals surface area (Å²) in [5, 5.41) is 10.6. The van der Waals surface area contributed by atoms with Crippen molar-refractivity contribution in [1.82, 2.24) is 0 Å². The summed E-state index contributed by atoms with van der Waals surface area (Å²) in [5.41, 5.74) is 32.7. The van der Waals surface area contributed by atoms with E-state index in [-0.39, 0.29) is 37.3 Å². The fraction of sp³-hybridized carbons (Fsp3) is 0.355. The predicted octanol–water partition coefficient (Wildman–Crippen LogP) is 33.9. The molecule has 12 aromatic rings. The number of aliphatic hydroxyl groups is 1. The molecule has 1 fully saturated rings. The fourth-order valence-electron chi connectivity index (χ4n) is 14.9. The Morgan fingerprint density at radius 3 is 0.817 bits per heavy atom. The van der Waals surface area contributed by atoms with Crippen molar-refractivity contribution in [2.45, 2.75) is 319 Å². The molecule has 0 aliphatic heterocycles. The molecule has 0 unspecified atom stereocenters. The van der Waals surface area contributed by atoms with E-state index >= 15 is 0 Å². The summed E-state index contributed by atoms with van der Waals surface area (Å²) in [4.78, 5) is 76.8. The number of aliphatic hydroxyl groups excluding tert-OH is 1. The molecule has 142 heavy (non-hydrogen) atoms. The molecule has 0 spiro atoms. The van der Waals surface area contributed by atoms with E-state index in [1.165, 1.54) is 167 Å². The van der Waals surface area contributed by atoms with Crippen LogP contribution in [0.2, 0.25) is 0 Å². The summed E-state index contributed by atoms with van der Waals surface area (Å²) in [6.45, 7) is 55.7. The fourth-order valence-corrected chi connectivity index (χ4v) is 21.5. The third-order valence-electron chi connectivity index (χ3n) is 24.8. The first kappa shape index (κ1) is 118. The maximum Gasteiger partial charge on any atom is 0.193 e. The zero-order valence-corrected chi connectivity index (χ0v) is 96.4. The molecule has 1 N–H and O–H groups in total. The Morgan fingerprint density at radius 2 is 0.507 bits per heavy atom. The van der Waals surface area contributed by atoms with Crippen LogP contribution in [0.5, 0.6) is 34.5 Å². The Hall–Kier alpha value is -9.27. The number of rotatable bonds is 33. The molecule has 1 saturated carbocycles. The molecule has 0 radical (unpaired) electrons. The van der Waals surface area contributed by atoms with Gasteiger partial charge in [0.05, 0.1) is 6.61 Å². The number of hydrogen-bond donors (Lipinski definition) is 1. The zero-order chi connectivity index (χ0) is 104. The molecule has 0 amide bonds. The van der Waals surface area contributed by atoms with Gasteiger partial charge in [-0.05, 0) is 387 Å². The topological polar surface area (TPSA) is 178 Å². The second kappa shape index (κ2) is 58.8. The van der Waals surface area contributed by atoms with E-state index in [4.69, 9.17) is 28.4 Å². The predicted molar refractivity (Wildman–Crippen MR) is 608 cm³/mol. The maximum absolute atomic E-state index is 12.0. The largest absolute Gasteiger partial charge is 0.489 e. The lowest BCUT2D eigenvalue weighted by atomic mass is 10.0. The number of ether oxygens (including phenoxy) is 6. The second-order valence-electron chi connectivity index (χ2n) is 35.8. The van der Waals surface area contributed by atoms with E-state index in [9.17, 15) is 33.9 Å². The Labute approximate surface area is 893 Å². The molecule has 1 aliphatic carbocycles. The maximum atomic E-state index is 12.0. The third kappa shape index (κ3) is 35.9. The van der Waals surface area contributed by atoms with Gasteiger partial charge in [0.2, 0.25) is 0 Å². The van der Waals surface area contributed by atoms with Crippen LogP contribution in [0.1, 0.15) is 262 Å². The van der Waals surface area contributed by atoms with E-state index in [2.05, 4.69) is 267 Å². The minimum Gasteiger partial charge on any atom is -0.489 e. The van der Waals surface area contributed by atoms with Crippen LogP contribution in [0, 0.1) is 135 Å². The van der Waals surface area contributed by atoms with E-state index in [0.29, 0.717) is 84.1 Å². The SMILES string of the molecule is CCC(=O)Sc1cccc(Br)c1COc1cc(C)c(C)cc1C.CCC(=O)Sc1cccc(C)c1COc1cc(C)c(C)cc1C.CCC(=O)Sc1cccc(C2CC2)c1COc1cc(C)c(C)cc1C.CCC(=O)Sc1cccc(CC)c1COc1cc(C)c(C)cc1C.CCC(=O)Sc1cccc(CO)c1COc1cc(C)c(C)cc1C.CCC(=O)Sc1cccc(I)c1COc1cc(C)c(C)cc1C. The number of hydrogen-bond acceptors (Lipinski definition) is 19. The monoisotopic (exact) mass is 2200 g/mol. The number of carbonyl (C=O) groups is 6. The highest BCUT2D eigenvalue weighted by Crippen LogP contribution is 2.45. The van der Waals surface area contributed by atoms with Crippen molar-refractivity contribution >= 4 is 140 Å². The molecular formula is C121H142BrIO13S6. The van der Waals surface area contributed by atoms with Crippen molar-refractivity contribution in [2.24, 2.45) is 0 Å². The van der Waals surface area contributed by atoms with Crippen molar-refractivity contribution in [3.8, 4) is 34.5 Å². The lowest BCUT2D eigenvalue weighted by molar-refractivity contribution is -0.111. The summed E-state index contributed by atoms with van der Waals surface area (Å²) in [5.74, 6) is 6.04. The molecule has 12 aromatic carbocycles. The number of aryl methyl sites for hydroxylation is 20. The summed E-state index contributed by atoms with van der Waals surface area (Å²) in [7, 11) is 0. The van der Waals surface area contributed by atoms with Gasteiger partial charge >= 0.3 is 0 Å². The zero-order valence-electron chi connectivity index (χ0n) is 87.8. The summed E-state index contributed by atoms with van der Waals surface area (Å²) in [6.07, 6.45) is 6.57. The van der Waals surface area contributed by atoms with E-state index in [0.717, 1.165) is 151 Å². The van der Waals surface area contributed by atoms with Crippen LogP contribution >= 0.6 is 109 Å². The highest BCUT2D eigenvalue weighted by Gasteiger charge is 2.29. The van der Waals surface area contributed by atoms with Crippen LogP contribution in [0.15, 0.2) is 216 Å². The normalized spacial score (nSPS) is 11.2. The minimum absolute atomic E-state index is 0.0701. The average Bonchev–Trinajstić information content (AvgIpc) is 1.65. The smallest absolute Gasteiger partial charge is 0.193 e. The lowest BCUT2D eigenvalue weighted by Crippen LogP contribution is -2.04. The number of benzene rings is 12. The van der Waals surface area contributed by atoms with Crippen molar-refractivity contribution in [3.63, 3.8) is 0 Å². The molecular weight excluding hydrogens is 2060 g/mol. The van der Waals surface area contributed by atoms with Crippen molar-refractivity contribution in [3.05, 3.63) is 346 Å². The van der Waals surface area contributed by atoms with Gasteiger partial charge in [0.1, 0.15) is 74.1 Å². The van der Waals surface area contributed by atoms with Gasteiger partial charge in [-0.25, -0.2) is 0 Å². The van der Waals surface area contributed by atoms with Crippen LogP contribution < -0.4 is 28.4 Å². The lowest BCUT2D eigenvalue weighted by Gasteiger charge is -2.17. The van der Waals surface area contributed by atoms with E-state index in [1.807, 2.05) is 133 Å². The van der Waals surface area contributed by atoms with Crippen LogP contribution in [0.25, 0.3) is 0 Å². The first-order valence-corrected chi connectivity index (χ1v) is 55.5. The Balaban J connectivity index is 0.000000209. The molecule has 0 bridgehead atoms. The average molecular weight is 2200 g/mol. The van der Waals surface area contributed by atoms with Gasteiger partial charge in [0, 0.05) is 109 Å². The van der Waals surface area contributed by atoms with Gasteiger partial charge in [-0.2, -0.15) is 0 Å². The number of carbonyl (C=O) groups excluding carboxylic acids is 6. The standard InChI is InChI=1S/C22H26O2S.C21H26O2S.C20H24O3S.C20H24O2S.C19H21BrO2S.C19H21IO2S/c1-5-22(23)25-21-8-6-7-18(17-9-10-17)19(21)13-24-20-12-15(3)14(2)11-16(20)4;1-6-17-9-8-10-20(24-21(22)7-2)18(17)13-23-19-12-15(4)14(3)11-16(19)5;1-5-20(22)24-19-8-6-7-16(11-21)17(19)12-23-18-10-14(3)13(2)9-15(18)4;1-6-20(21)23-19-9-7-8-13(2)17(19)12-22-18-11-15(4)14(3)10-16(18)5;2*1-5-19(21)23-18-8-6-7-16(20)15(18)11-22-17-10-13(3)12(2)9-14(17)4/h6-8,11-12,17H,5,9-10,13H2,1-4H3;8-12H,6-7,13H2,1-5H3;6-10,21H,5,11-12H2,1-4H3;7-11H,6,12H2,1-5H3;2*6-10H,5,11H2,1-4H3. The number of thioether (sulfide) groups is 6. The molecule has 0 saturated heterocycles. The summed E-state index contributed by atoms with van der Waals surface area (Å²) >= 11 is 13.7. The van der Waals surface area contributed by atoms with Gasteiger partial charge in [-0.3, -0.25) is 28.8 Å². The first-order valence-electron chi connectivity index (χ1n) is 48.7. The van der Waals surface area contributed by atoms with E-state index < -0.39 is 0 Å². The van der Waals surface area contributed by atoms with Crippen LogP contribution in [0.4, 0.5) is 0 Å². The minimum atomic E-state index is -0.0701. The Kier molecular flexibility index (Phi) is 48.8. The van der Waals surface area contributed by atoms with Crippen molar-refractivity contribution < 1.29 is 62.3 Å². The van der Waals surface area contributed by atoms with Gasteiger partial charge in [-0.15, -0.1) is 0 Å².